The van der Waals surface area contributed by atoms with Crippen molar-refractivity contribution in [3.05, 3.63) is 53.6 Å². The van der Waals surface area contributed by atoms with Gasteiger partial charge >= 0.3 is 5.97 Å². The summed E-state index contributed by atoms with van der Waals surface area (Å²) in [5.41, 5.74) is 0.576. The number of aliphatic hydroxyl groups is 1. The zero-order valence-electron chi connectivity index (χ0n) is 18.1. The predicted molar refractivity (Wildman–Crippen MR) is 126 cm³/mol. The Morgan fingerprint density at radius 1 is 1.15 bits per heavy atom. The molecular formula is C24H25ClN2O5S. The van der Waals surface area contributed by atoms with Crippen molar-refractivity contribution in [3.8, 4) is 0 Å². The largest absolute Gasteiger partial charge is 0.461 e. The van der Waals surface area contributed by atoms with E-state index in [0.717, 1.165) is 0 Å². The number of hydrogen-bond acceptors (Lipinski definition) is 6. The number of likely N-dealkylation sites (tertiary alicyclic amines) is 1. The molecule has 5 atom stereocenters. The quantitative estimate of drug-likeness (QED) is 0.517. The number of anilines is 1. The van der Waals surface area contributed by atoms with Gasteiger partial charge in [-0.3, -0.25) is 14.4 Å². The summed E-state index contributed by atoms with van der Waals surface area (Å²) in [5, 5.41) is 9.90. The SMILES string of the molecule is C[C@]12C=CCOC(=O)[C@H]1[C@H]1C(=O)N(CCCO)C3C(=O)N(c4ccccc4Cl)CC=C[C@@]31S2. The van der Waals surface area contributed by atoms with E-state index in [9.17, 15) is 19.5 Å². The van der Waals surface area contributed by atoms with E-state index in [1.54, 1.807) is 28.0 Å². The number of carbonyl (C=O) groups is 3. The van der Waals surface area contributed by atoms with Crippen LogP contribution in [0.5, 0.6) is 0 Å². The van der Waals surface area contributed by atoms with Crippen molar-refractivity contribution >= 4 is 46.8 Å². The van der Waals surface area contributed by atoms with E-state index in [1.165, 1.54) is 11.8 Å². The third-order valence-electron chi connectivity index (χ3n) is 7.01. The van der Waals surface area contributed by atoms with Gasteiger partial charge in [-0.25, -0.2) is 0 Å². The number of rotatable bonds is 4. The number of halogens is 1. The maximum Gasteiger partial charge on any atom is 0.311 e. The summed E-state index contributed by atoms with van der Waals surface area (Å²) >= 11 is 7.92. The molecule has 1 spiro atoms. The number of cyclic esters (lactones) is 1. The maximum absolute atomic E-state index is 14.1. The highest BCUT2D eigenvalue weighted by molar-refractivity contribution is 8.02. The highest BCUT2D eigenvalue weighted by Gasteiger charge is 2.74. The van der Waals surface area contributed by atoms with Gasteiger partial charge in [0.05, 0.1) is 27.3 Å². The van der Waals surface area contributed by atoms with E-state index in [-0.39, 0.29) is 31.6 Å². The second-order valence-electron chi connectivity index (χ2n) is 8.94. The molecule has 4 aliphatic rings. The van der Waals surface area contributed by atoms with E-state index in [2.05, 4.69) is 0 Å². The second-order valence-corrected chi connectivity index (χ2v) is 11.1. The Morgan fingerprint density at radius 2 is 1.94 bits per heavy atom. The number of ether oxygens (including phenoxy) is 1. The zero-order valence-corrected chi connectivity index (χ0v) is 19.7. The molecule has 2 saturated heterocycles. The van der Waals surface area contributed by atoms with Crippen molar-refractivity contribution in [2.75, 3.05) is 31.2 Å². The molecule has 0 aromatic heterocycles. The van der Waals surface area contributed by atoms with Crippen molar-refractivity contribution in [1.29, 1.82) is 0 Å². The van der Waals surface area contributed by atoms with Crippen LogP contribution in [0.4, 0.5) is 5.69 Å². The molecule has 9 heteroatoms. The summed E-state index contributed by atoms with van der Waals surface area (Å²) in [4.78, 5) is 44.2. The molecule has 0 saturated carbocycles. The van der Waals surface area contributed by atoms with Gasteiger partial charge in [-0.2, -0.15) is 0 Å². The van der Waals surface area contributed by atoms with Crippen molar-refractivity contribution < 1.29 is 24.2 Å². The minimum Gasteiger partial charge on any atom is -0.461 e. The van der Waals surface area contributed by atoms with Crippen LogP contribution in [0.1, 0.15) is 13.3 Å². The number of esters is 1. The van der Waals surface area contributed by atoms with Gasteiger partial charge in [0.25, 0.3) is 5.91 Å². The van der Waals surface area contributed by atoms with Crippen LogP contribution in [0, 0.1) is 11.8 Å². The molecule has 174 valence electrons. The molecule has 5 rings (SSSR count). The Morgan fingerprint density at radius 3 is 2.70 bits per heavy atom. The first-order valence-corrected chi connectivity index (χ1v) is 12.2. The number of benzene rings is 1. The lowest BCUT2D eigenvalue weighted by Gasteiger charge is -2.36. The van der Waals surface area contributed by atoms with Crippen LogP contribution in [0.3, 0.4) is 0 Å². The molecule has 33 heavy (non-hydrogen) atoms. The molecule has 7 nitrogen and oxygen atoms in total. The third kappa shape index (κ3) is 3.26. The van der Waals surface area contributed by atoms with Crippen LogP contribution in [0.15, 0.2) is 48.6 Å². The Balaban J connectivity index is 1.65. The first-order chi connectivity index (χ1) is 15.8. The minimum atomic E-state index is -0.931. The number of nitrogens with zero attached hydrogens (tertiary/aromatic N) is 2. The van der Waals surface area contributed by atoms with Gasteiger partial charge in [-0.05, 0) is 31.6 Å². The van der Waals surface area contributed by atoms with Crippen LogP contribution in [0.25, 0.3) is 0 Å². The number of carbonyl (C=O) groups excluding carboxylic acids is 3. The summed E-state index contributed by atoms with van der Waals surface area (Å²) in [7, 11) is 0. The van der Waals surface area contributed by atoms with Gasteiger partial charge in [0.15, 0.2) is 0 Å². The maximum atomic E-state index is 14.1. The molecule has 2 amide bonds. The molecule has 1 unspecified atom stereocenters. The fraction of sp³-hybridized carbons (Fsp3) is 0.458. The highest BCUT2D eigenvalue weighted by Crippen LogP contribution is 2.65. The predicted octanol–water partition coefficient (Wildman–Crippen LogP) is 2.43. The molecule has 2 fully saturated rings. The van der Waals surface area contributed by atoms with E-state index >= 15 is 0 Å². The average Bonchev–Trinajstić information content (AvgIpc) is 3.04. The fourth-order valence-electron chi connectivity index (χ4n) is 5.72. The van der Waals surface area contributed by atoms with E-state index < -0.39 is 33.3 Å². The number of amides is 2. The van der Waals surface area contributed by atoms with Gasteiger partial charge in [0.1, 0.15) is 12.6 Å². The smallest absolute Gasteiger partial charge is 0.311 e. The lowest BCUT2D eigenvalue weighted by atomic mass is 9.75. The van der Waals surface area contributed by atoms with Crippen LogP contribution in [-0.2, 0) is 19.1 Å². The minimum absolute atomic E-state index is 0.106. The number of aliphatic hydroxyl groups excluding tert-OH is 1. The average molecular weight is 489 g/mol. The monoisotopic (exact) mass is 488 g/mol. The van der Waals surface area contributed by atoms with Gasteiger partial charge in [0, 0.05) is 24.4 Å². The number of para-hydroxylation sites is 1. The molecule has 0 bridgehead atoms. The van der Waals surface area contributed by atoms with Crippen LogP contribution < -0.4 is 4.90 Å². The van der Waals surface area contributed by atoms with E-state index in [4.69, 9.17) is 16.3 Å². The molecular weight excluding hydrogens is 464 g/mol. The van der Waals surface area contributed by atoms with Crippen molar-refractivity contribution in [3.63, 3.8) is 0 Å². The Bertz CT molecular complexity index is 1080. The van der Waals surface area contributed by atoms with Crippen LogP contribution in [0.2, 0.25) is 5.02 Å². The van der Waals surface area contributed by atoms with E-state index in [1.807, 2.05) is 37.3 Å². The lowest BCUT2D eigenvalue weighted by molar-refractivity contribution is -0.152. The van der Waals surface area contributed by atoms with Crippen LogP contribution in [-0.4, -0.2) is 69.6 Å². The fourth-order valence-corrected chi connectivity index (χ4v) is 8.11. The molecule has 0 aliphatic carbocycles. The Labute approximate surface area is 201 Å². The van der Waals surface area contributed by atoms with Crippen molar-refractivity contribution in [2.24, 2.45) is 11.8 Å². The first kappa shape index (κ1) is 22.5. The zero-order chi connectivity index (χ0) is 23.4. The summed E-state index contributed by atoms with van der Waals surface area (Å²) in [5.74, 6) is -2.36. The van der Waals surface area contributed by atoms with Gasteiger partial charge < -0.3 is 19.6 Å². The Hall–Kier alpha value is -2.29. The second kappa shape index (κ2) is 8.18. The van der Waals surface area contributed by atoms with Gasteiger partial charge in [-0.15, -0.1) is 11.8 Å². The third-order valence-corrected chi connectivity index (χ3v) is 9.13. The molecule has 0 radical (unpaired) electrons. The van der Waals surface area contributed by atoms with E-state index in [0.29, 0.717) is 23.7 Å². The number of fused-ring (bicyclic) bond motifs is 2. The summed E-state index contributed by atoms with van der Waals surface area (Å²) in [6.45, 7) is 2.54. The lowest BCUT2D eigenvalue weighted by Crippen LogP contribution is -2.53. The van der Waals surface area contributed by atoms with Gasteiger partial charge in [-0.1, -0.05) is 42.0 Å². The van der Waals surface area contributed by atoms with Crippen molar-refractivity contribution in [2.45, 2.75) is 28.9 Å². The Kier molecular flexibility index (Phi) is 5.58. The van der Waals surface area contributed by atoms with Crippen molar-refractivity contribution in [1.82, 2.24) is 4.90 Å². The van der Waals surface area contributed by atoms with Gasteiger partial charge in [0.2, 0.25) is 5.91 Å². The summed E-state index contributed by atoms with van der Waals surface area (Å²) in [6, 6.07) is 6.30. The molecule has 1 aromatic rings. The van der Waals surface area contributed by atoms with Crippen LogP contribution >= 0.6 is 23.4 Å². The number of hydrogen-bond donors (Lipinski definition) is 1. The number of thioether (sulfide) groups is 1. The highest BCUT2D eigenvalue weighted by atomic mass is 35.5. The molecule has 1 N–H and O–H groups in total. The molecule has 1 aromatic carbocycles. The molecule has 4 heterocycles. The summed E-state index contributed by atoms with van der Waals surface area (Å²) < 4.78 is 3.80. The topological polar surface area (TPSA) is 87.1 Å². The first-order valence-electron chi connectivity index (χ1n) is 11.0. The summed E-state index contributed by atoms with van der Waals surface area (Å²) in [6.07, 6.45) is 7.93. The standard InChI is InChI=1S/C24H25ClN2O5S/c1-23-9-5-14-32-22(31)18(23)17-20(29)27(12-6-13-28)19-21(30)26(11-4-10-24(17,19)33-23)16-8-3-2-7-15(16)25/h2-5,7-10,17-19,28H,6,11-14H2,1H3/t17-,18+,19?,23-,24-/m0/s1. The molecule has 4 aliphatic heterocycles. The normalized spacial score (nSPS) is 35.1.